The molecule has 2 amide bonds. The summed E-state index contributed by atoms with van der Waals surface area (Å²) < 4.78 is 0. The minimum atomic E-state index is -0.187. The van der Waals surface area contributed by atoms with Gasteiger partial charge in [-0.15, -0.1) is 11.3 Å². The van der Waals surface area contributed by atoms with Crippen LogP contribution in [0, 0.1) is 5.41 Å². The minimum absolute atomic E-state index is 0.0167. The largest absolute Gasteiger partial charge is 0.337 e. The average Bonchev–Trinajstić information content (AvgIpc) is 3.33. The molecule has 3 heterocycles. The lowest BCUT2D eigenvalue weighted by Crippen LogP contribution is -2.67. The fraction of sp³-hybridized carbons (Fsp3) is 0.522. The molecule has 3 aliphatic rings. The zero-order valence-electron chi connectivity index (χ0n) is 16.6. The molecule has 6 heteroatoms. The highest BCUT2D eigenvalue weighted by atomic mass is 32.1. The average molecular weight is 410 g/mol. The minimum Gasteiger partial charge on any atom is -0.337 e. The molecule has 2 aliphatic heterocycles. The number of rotatable bonds is 3. The van der Waals surface area contributed by atoms with E-state index in [1.54, 1.807) is 5.51 Å². The third kappa shape index (κ3) is 3.08. The molecule has 1 saturated carbocycles. The molecule has 0 N–H and O–H groups in total. The second kappa shape index (κ2) is 7.56. The van der Waals surface area contributed by atoms with Crippen LogP contribution in [0.2, 0.25) is 0 Å². The van der Waals surface area contributed by atoms with Gasteiger partial charge in [0.25, 0.3) is 5.91 Å². The van der Waals surface area contributed by atoms with Crippen molar-refractivity contribution in [1.82, 2.24) is 14.8 Å². The molecule has 0 bridgehead atoms. The van der Waals surface area contributed by atoms with E-state index in [0.717, 1.165) is 38.5 Å². The molecule has 2 aromatic rings. The zero-order chi connectivity index (χ0) is 19.8. The van der Waals surface area contributed by atoms with Crippen LogP contribution in [0.5, 0.6) is 0 Å². The lowest BCUT2D eigenvalue weighted by atomic mass is 9.59. The van der Waals surface area contributed by atoms with E-state index in [9.17, 15) is 9.59 Å². The highest BCUT2D eigenvalue weighted by Gasteiger charge is 2.62. The number of β-lactam (4-membered cyclic amide) rings is 1. The Morgan fingerprint density at radius 1 is 1.07 bits per heavy atom. The summed E-state index contributed by atoms with van der Waals surface area (Å²) >= 11 is 1.45. The van der Waals surface area contributed by atoms with Crippen molar-refractivity contribution in [2.24, 2.45) is 5.41 Å². The quantitative estimate of drug-likeness (QED) is 0.711. The molecule has 0 radical (unpaired) electrons. The predicted molar refractivity (Wildman–Crippen MR) is 113 cm³/mol. The smallest absolute Gasteiger partial charge is 0.273 e. The van der Waals surface area contributed by atoms with Crippen LogP contribution in [0.15, 0.2) is 41.2 Å². The van der Waals surface area contributed by atoms with E-state index in [4.69, 9.17) is 0 Å². The molecule has 1 unspecified atom stereocenters. The first-order valence-corrected chi connectivity index (χ1v) is 11.7. The first-order valence-electron chi connectivity index (χ1n) is 10.8. The van der Waals surface area contributed by atoms with Gasteiger partial charge in [-0.3, -0.25) is 9.59 Å². The summed E-state index contributed by atoms with van der Waals surface area (Å²) in [4.78, 5) is 34.3. The molecule has 1 aromatic carbocycles. The fourth-order valence-corrected chi connectivity index (χ4v) is 6.21. The maximum absolute atomic E-state index is 13.5. The number of thiazole rings is 1. The molecule has 1 aliphatic carbocycles. The van der Waals surface area contributed by atoms with Crippen molar-refractivity contribution in [1.29, 1.82) is 0 Å². The summed E-state index contributed by atoms with van der Waals surface area (Å²) in [7, 11) is 0. The van der Waals surface area contributed by atoms with Crippen LogP contribution in [0.25, 0.3) is 0 Å². The van der Waals surface area contributed by atoms with Gasteiger partial charge in [0.05, 0.1) is 17.0 Å². The maximum Gasteiger partial charge on any atom is 0.273 e. The van der Waals surface area contributed by atoms with Crippen LogP contribution >= 0.6 is 11.3 Å². The summed E-state index contributed by atoms with van der Waals surface area (Å²) in [5, 5.41) is 1.81. The molecule has 1 aromatic heterocycles. The van der Waals surface area contributed by atoms with E-state index in [0.29, 0.717) is 24.7 Å². The van der Waals surface area contributed by atoms with E-state index in [1.807, 2.05) is 16.3 Å². The molecule has 152 valence electrons. The van der Waals surface area contributed by atoms with Gasteiger partial charge in [0.15, 0.2) is 0 Å². The number of nitrogens with zero attached hydrogens (tertiary/aromatic N) is 3. The van der Waals surface area contributed by atoms with Crippen LogP contribution in [0.1, 0.15) is 67.0 Å². The topological polar surface area (TPSA) is 53.5 Å². The summed E-state index contributed by atoms with van der Waals surface area (Å²) in [6.07, 6.45) is 7.29. The number of carbonyl (C=O) groups is 2. The van der Waals surface area contributed by atoms with Crippen molar-refractivity contribution in [2.45, 2.75) is 57.0 Å². The molecule has 3 fully saturated rings. The summed E-state index contributed by atoms with van der Waals surface area (Å²) in [6.45, 7) is 1.39. The number of likely N-dealkylation sites (tertiary alicyclic amines) is 2. The van der Waals surface area contributed by atoms with Gasteiger partial charge in [-0.25, -0.2) is 4.98 Å². The van der Waals surface area contributed by atoms with Crippen LogP contribution in [-0.4, -0.2) is 45.7 Å². The van der Waals surface area contributed by atoms with Crippen molar-refractivity contribution < 1.29 is 9.59 Å². The maximum atomic E-state index is 13.5. The number of carbonyl (C=O) groups excluding carboxylic acids is 2. The number of amides is 2. The van der Waals surface area contributed by atoms with Crippen molar-refractivity contribution in [2.75, 3.05) is 13.1 Å². The lowest BCUT2D eigenvalue weighted by molar-refractivity contribution is -0.186. The van der Waals surface area contributed by atoms with Crippen molar-refractivity contribution in [3.8, 4) is 0 Å². The molecule has 2 saturated heterocycles. The Kier molecular flexibility index (Phi) is 4.90. The van der Waals surface area contributed by atoms with Gasteiger partial charge in [-0.1, -0.05) is 49.6 Å². The normalized spacial score (nSPS) is 24.6. The monoisotopic (exact) mass is 409 g/mol. The van der Waals surface area contributed by atoms with Gasteiger partial charge in [0.2, 0.25) is 5.91 Å². The van der Waals surface area contributed by atoms with Gasteiger partial charge in [0.1, 0.15) is 5.69 Å². The van der Waals surface area contributed by atoms with Gasteiger partial charge in [-0.05, 0) is 31.2 Å². The standard InChI is InChI=1S/C23H27N3O2S/c27-21(19-15-29-16-24-19)25-13-9-18(10-14-25)26-20(17-7-3-1-4-8-17)23(22(26)28)11-5-2-6-12-23/h1,3-4,7-8,15-16,18,20H,2,5-6,9-14H2. The van der Waals surface area contributed by atoms with E-state index in [-0.39, 0.29) is 23.4 Å². The van der Waals surface area contributed by atoms with E-state index >= 15 is 0 Å². The van der Waals surface area contributed by atoms with E-state index in [2.05, 4.69) is 34.1 Å². The second-order valence-corrected chi connectivity index (χ2v) is 9.36. The van der Waals surface area contributed by atoms with Crippen LogP contribution < -0.4 is 0 Å². The Morgan fingerprint density at radius 3 is 2.45 bits per heavy atom. The molecular formula is C23H27N3O2S. The Labute approximate surface area is 175 Å². The number of benzene rings is 1. The van der Waals surface area contributed by atoms with E-state index in [1.165, 1.54) is 23.3 Å². The number of hydrogen-bond donors (Lipinski definition) is 0. The molecule has 29 heavy (non-hydrogen) atoms. The van der Waals surface area contributed by atoms with Gasteiger partial charge in [-0.2, -0.15) is 0 Å². The summed E-state index contributed by atoms with van der Waals surface area (Å²) in [5.41, 5.74) is 3.33. The molecular weight excluding hydrogens is 382 g/mol. The number of hydrogen-bond acceptors (Lipinski definition) is 4. The Bertz CT molecular complexity index is 869. The van der Waals surface area contributed by atoms with Crippen molar-refractivity contribution in [3.63, 3.8) is 0 Å². The van der Waals surface area contributed by atoms with E-state index < -0.39 is 0 Å². The molecule has 5 rings (SSSR count). The third-order valence-corrected chi connectivity index (χ3v) is 7.71. The highest BCUT2D eigenvalue weighted by molar-refractivity contribution is 7.07. The SMILES string of the molecule is O=C(c1cscn1)N1CCC(N2C(=O)C3(CCCCC3)C2c2ccccc2)CC1. The Morgan fingerprint density at radius 2 is 1.79 bits per heavy atom. The van der Waals surface area contributed by atoms with Crippen LogP contribution in [0.3, 0.4) is 0 Å². The zero-order valence-corrected chi connectivity index (χ0v) is 17.4. The number of aromatic nitrogens is 1. The Balaban J connectivity index is 1.34. The number of piperidine rings is 1. The molecule has 1 spiro atoms. The lowest BCUT2D eigenvalue weighted by Gasteiger charge is -2.61. The van der Waals surface area contributed by atoms with Gasteiger partial charge < -0.3 is 9.80 Å². The summed E-state index contributed by atoms with van der Waals surface area (Å²) in [5.74, 6) is 0.373. The van der Waals surface area contributed by atoms with Crippen LogP contribution in [0.4, 0.5) is 0 Å². The predicted octanol–water partition coefficient (Wildman–Crippen LogP) is 4.28. The van der Waals surface area contributed by atoms with Gasteiger partial charge in [0, 0.05) is 24.5 Å². The van der Waals surface area contributed by atoms with Crippen LogP contribution in [-0.2, 0) is 4.79 Å². The van der Waals surface area contributed by atoms with Crippen molar-refractivity contribution in [3.05, 3.63) is 52.5 Å². The second-order valence-electron chi connectivity index (χ2n) is 8.64. The first kappa shape index (κ1) is 18.8. The molecule has 5 nitrogen and oxygen atoms in total. The Hall–Kier alpha value is -2.21. The highest BCUT2D eigenvalue weighted by Crippen LogP contribution is 2.59. The fourth-order valence-electron chi connectivity index (χ4n) is 5.68. The first-order chi connectivity index (χ1) is 14.2. The van der Waals surface area contributed by atoms with Gasteiger partial charge >= 0.3 is 0 Å². The molecule has 1 atom stereocenters. The third-order valence-electron chi connectivity index (χ3n) is 7.12. The summed E-state index contributed by atoms with van der Waals surface area (Å²) in [6, 6.07) is 11.0. The van der Waals surface area contributed by atoms with Crippen molar-refractivity contribution >= 4 is 23.2 Å².